The largest absolute Gasteiger partial charge is 0.451 e. The maximum atomic E-state index is 12.0. The molecule has 3 N–H and O–H groups in total. The second kappa shape index (κ2) is 7.04. The maximum Gasteiger partial charge on any atom is 0.336 e. The lowest BCUT2D eigenvalue weighted by Gasteiger charge is -2.16. The fourth-order valence-electron chi connectivity index (χ4n) is 2.03. The molecule has 2 amide bonds. The van der Waals surface area contributed by atoms with Gasteiger partial charge in [0.05, 0.1) is 0 Å². The van der Waals surface area contributed by atoms with Crippen molar-refractivity contribution < 1.29 is 23.9 Å². The Bertz CT molecular complexity index is 564. The van der Waals surface area contributed by atoms with Crippen LogP contribution in [0.2, 0.25) is 0 Å². The number of carbonyl (C=O) groups excluding carboxylic acids is 3. The van der Waals surface area contributed by atoms with Crippen molar-refractivity contribution in [1.29, 1.82) is 0 Å². The molecule has 118 valence electrons. The van der Waals surface area contributed by atoms with Crippen LogP contribution in [-0.4, -0.2) is 36.6 Å². The molecule has 1 heterocycles. The zero-order valence-electron chi connectivity index (χ0n) is 12.2. The fraction of sp³-hybridized carbons (Fsp3) is 0.400. The molecular weight excluding hydrogens is 288 g/mol. The van der Waals surface area contributed by atoms with Crippen molar-refractivity contribution in [3.05, 3.63) is 29.8 Å². The first-order valence-electron chi connectivity index (χ1n) is 7.00. The van der Waals surface area contributed by atoms with E-state index in [2.05, 4.69) is 5.32 Å². The lowest BCUT2D eigenvalue weighted by atomic mass is 10.2. The number of esters is 1. The molecule has 2 rings (SSSR count). The minimum atomic E-state index is -0.937. The molecule has 7 nitrogen and oxygen atoms in total. The average molecular weight is 306 g/mol. The van der Waals surface area contributed by atoms with Crippen LogP contribution < -0.4 is 11.1 Å². The van der Waals surface area contributed by atoms with Gasteiger partial charge >= 0.3 is 5.97 Å². The van der Waals surface area contributed by atoms with Crippen molar-refractivity contribution in [2.45, 2.75) is 32.0 Å². The number of amides is 2. The molecule has 2 atom stereocenters. The van der Waals surface area contributed by atoms with Gasteiger partial charge < -0.3 is 20.5 Å². The summed E-state index contributed by atoms with van der Waals surface area (Å²) in [5.41, 5.74) is 5.96. The van der Waals surface area contributed by atoms with Crippen LogP contribution >= 0.6 is 0 Å². The molecule has 1 saturated heterocycles. The number of ether oxygens (including phenoxy) is 2. The molecule has 0 unspecified atom stereocenters. The van der Waals surface area contributed by atoms with Crippen LogP contribution in [0.5, 0.6) is 0 Å². The number of nitrogens with one attached hydrogen (secondary N) is 1. The average Bonchev–Trinajstić information content (AvgIpc) is 3.02. The van der Waals surface area contributed by atoms with E-state index in [0.29, 0.717) is 24.3 Å². The van der Waals surface area contributed by atoms with E-state index < -0.39 is 30.0 Å². The van der Waals surface area contributed by atoms with Crippen molar-refractivity contribution in [3.8, 4) is 0 Å². The summed E-state index contributed by atoms with van der Waals surface area (Å²) >= 11 is 0. The number of rotatable bonds is 5. The molecule has 22 heavy (non-hydrogen) atoms. The number of carbonyl (C=O) groups is 3. The van der Waals surface area contributed by atoms with E-state index >= 15 is 0 Å². The van der Waals surface area contributed by atoms with Gasteiger partial charge in [0.15, 0.2) is 12.2 Å². The number of benzene rings is 1. The van der Waals surface area contributed by atoms with Gasteiger partial charge in [0, 0.05) is 17.9 Å². The topological polar surface area (TPSA) is 108 Å². The van der Waals surface area contributed by atoms with Crippen LogP contribution in [-0.2, 0) is 19.1 Å². The molecular formula is C15H18N2O5. The third-order valence-electron chi connectivity index (χ3n) is 3.29. The SMILES string of the molecule is C[C@H](OC(=O)[C@H]1CCCO1)C(=O)Nc1ccc(C(N)=O)cc1. The molecule has 7 heteroatoms. The van der Waals surface area contributed by atoms with Crippen molar-refractivity contribution in [2.75, 3.05) is 11.9 Å². The van der Waals surface area contributed by atoms with Gasteiger partial charge in [-0.1, -0.05) is 0 Å². The zero-order valence-corrected chi connectivity index (χ0v) is 12.2. The van der Waals surface area contributed by atoms with Crippen molar-refractivity contribution in [2.24, 2.45) is 5.73 Å². The molecule has 0 radical (unpaired) electrons. The van der Waals surface area contributed by atoms with E-state index in [1.54, 1.807) is 12.1 Å². The van der Waals surface area contributed by atoms with Gasteiger partial charge in [-0.2, -0.15) is 0 Å². The molecule has 0 aliphatic carbocycles. The highest BCUT2D eigenvalue weighted by Gasteiger charge is 2.28. The highest BCUT2D eigenvalue weighted by molar-refractivity contribution is 5.96. The van der Waals surface area contributed by atoms with E-state index in [-0.39, 0.29) is 0 Å². The highest BCUT2D eigenvalue weighted by Crippen LogP contribution is 2.15. The summed E-state index contributed by atoms with van der Waals surface area (Å²) < 4.78 is 10.3. The standard InChI is InChI=1S/C15H18N2O5/c1-9(22-15(20)12-3-2-8-21-12)14(19)17-11-6-4-10(5-7-11)13(16)18/h4-7,9,12H,2-3,8H2,1H3,(H2,16,18)(H,17,19)/t9-,12+/m0/s1. The second-order valence-electron chi connectivity index (χ2n) is 5.01. The summed E-state index contributed by atoms with van der Waals surface area (Å²) in [5.74, 6) is -1.53. The Morgan fingerprint density at radius 1 is 1.32 bits per heavy atom. The summed E-state index contributed by atoms with van der Waals surface area (Å²) in [7, 11) is 0. The van der Waals surface area contributed by atoms with E-state index in [9.17, 15) is 14.4 Å². The third-order valence-corrected chi connectivity index (χ3v) is 3.29. The van der Waals surface area contributed by atoms with E-state index in [0.717, 1.165) is 6.42 Å². The number of nitrogens with two attached hydrogens (primary N) is 1. The zero-order chi connectivity index (χ0) is 16.1. The Kier molecular flexibility index (Phi) is 5.11. The molecule has 1 aliphatic rings. The number of hydrogen-bond acceptors (Lipinski definition) is 5. The predicted octanol–water partition coefficient (Wildman–Crippen LogP) is 0.835. The van der Waals surface area contributed by atoms with Gasteiger partial charge in [-0.25, -0.2) is 4.79 Å². The van der Waals surface area contributed by atoms with Crippen LogP contribution in [0.4, 0.5) is 5.69 Å². The van der Waals surface area contributed by atoms with Gasteiger partial charge in [0.25, 0.3) is 5.91 Å². The van der Waals surface area contributed by atoms with Crippen LogP contribution in [0.15, 0.2) is 24.3 Å². The monoisotopic (exact) mass is 306 g/mol. The lowest BCUT2D eigenvalue weighted by Crippen LogP contribution is -2.34. The normalized spacial score (nSPS) is 18.5. The first-order valence-corrected chi connectivity index (χ1v) is 7.00. The summed E-state index contributed by atoms with van der Waals surface area (Å²) in [6.45, 7) is 2.02. The molecule has 1 aromatic carbocycles. The van der Waals surface area contributed by atoms with Crippen LogP contribution in [0.25, 0.3) is 0 Å². The van der Waals surface area contributed by atoms with Crippen molar-refractivity contribution in [1.82, 2.24) is 0 Å². The Labute approximate surface area is 127 Å². The smallest absolute Gasteiger partial charge is 0.336 e. The van der Waals surface area contributed by atoms with E-state index in [1.807, 2.05) is 0 Å². The molecule has 1 fully saturated rings. The summed E-state index contributed by atoms with van der Waals surface area (Å²) in [4.78, 5) is 34.7. The Morgan fingerprint density at radius 3 is 2.55 bits per heavy atom. The summed E-state index contributed by atoms with van der Waals surface area (Å²) in [6.07, 6.45) is -0.0912. The minimum absolute atomic E-state index is 0.343. The molecule has 0 saturated carbocycles. The lowest BCUT2D eigenvalue weighted by molar-refractivity contribution is -0.162. The van der Waals surface area contributed by atoms with Gasteiger partial charge in [-0.05, 0) is 44.0 Å². The summed E-state index contributed by atoms with van der Waals surface area (Å²) in [6, 6.07) is 6.10. The van der Waals surface area contributed by atoms with Crippen LogP contribution in [0.1, 0.15) is 30.1 Å². The Morgan fingerprint density at radius 2 is 2.00 bits per heavy atom. The maximum absolute atomic E-state index is 12.0. The third kappa shape index (κ3) is 4.05. The Hall–Kier alpha value is -2.41. The fourth-order valence-corrected chi connectivity index (χ4v) is 2.03. The highest BCUT2D eigenvalue weighted by atomic mass is 16.6. The van der Waals surface area contributed by atoms with Gasteiger partial charge in [0.1, 0.15) is 0 Å². The quantitative estimate of drug-likeness (QED) is 0.784. The van der Waals surface area contributed by atoms with Crippen LogP contribution in [0.3, 0.4) is 0 Å². The van der Waals surface area contributed by atoms with Gasteiger partial charge in [0.2, 0.25) is 5.91 Å². The van der Waals surface area contributed by atoms with Crippen molar-refractivity contribution in [3.63, 3.8) is 0 Å². The van der Waals surface area contributed by atoms with Gasteiger partial charge in [-0.3, -0.25) is 9.59 Å². The molecule has 1 aliphatic heterocycles. The second-order valence-corrected chi connectivity index (χ2v) is 5.01. The van der Waals surface area contributed by atoms with E-state index in [1.165, 1.54) is 19.1 Å². The Balaban J connectivity index is 1.87. The predicted molar refractivity (Wildman–Crippen MR) is 78.1 cm³/mol. The molecule has 0 spiro atoms. The molecule has 0 bridgehead atoms. The molecule has 0 aromatic heterocycles. The molecule has 1 aromatic rings. The van der Waals surface area contributed by atoms with Gasteiger partial charge in [-0.15, -0.1) is 0 Å². The van der Waals surface area contributed by atoms with Crippen LogP contribution in [0, 0.1) is 0 Å². The van der Waals surface area contributed by atoms with E-state index in [4.69, 9.17) is 15.2 Å². The minimum Gasteiger partial charge on any atom is -0.451 e. The number of primary amides is 1. The first-order chi connectivity index (χ1) is 10.5. The van der Waals surface area contributed by atoms with Crippen molar-refractivity contribution >= 4 is 23.5 Å². The number of anilines is 1. The number of hydrogen-bond donors (Lipinski definition) is 2. The summed E-state index contributed by atoms with van der Waals surface area (Å²) in [5, 5.41) is 2.59. The first kappa shape index (κ1) is 16.0.